The van der Waals surface area contributed by atoms with Crippen molar-refractivity contribution < 1.29 is 9.90 Å². The van der Waals surface area contributed by atoms with Crippen LogP contribution in [0.15, 0.2) is 30.3 Å². The topological polar surface area (TPSA) is 40.5 Å². The van der Waals surface area contributed by atoms with Gasteiger partial charge in [-0.2, -0.15) is 0 Å². The SMILES string of the molecule is Cc1cccc2c(O)cc(C(=O)N3CCCCC3)cc12. The molecule has 1 N–H and O–H groups in total. The summed E-state index contributed by atoms with van der Waals surface area (Å²) in [6, 6.07) is 9.30. The van der Waals surface area contributed by atoms with Crippen molar-refractivity contribution in [2.45, 2.75) is 26.2 Å². The first-order valence-corrected chi connectivity index (χ1v) is 7.18. The minimum absolute atomic E-state index is 0.0325. The first-order chi connectivity index (χ1) is 9.66. The highest BCUT2D eigenvalue weighted by molar-refractivity contribution is 6.01. The lowest BCUT2D eigenvalue weighted by molar-refractivity contribution is 0.0724. The van der Waals surface area contributed by atoms with E-state index < -0.39 is 0 Å². The summed E-state index contributed by atoms with van der Waals surface area (Å²) in [5.74, 6) is 0.219. The van der Waals surface area contributed by atoms with Crippen LogP contribution in [0.4, 0.5) is 0 Å². The number of carbonyl (C=O) groups is 1. The third-order valence-electron chi connectivity index (χ3n) is 4.08. The number of carbonyl (C=O) groups excluding carboxylic acids is 1. The summed E-state index contributed by atoms with van der Waals surface area (Å²) in [6.07, 6.45) is 3.35. The molecule has 1 aliphatic heterocycles. The van der Waals surface area contributed by atoms with E-state index in [-0.39, 0.29) is 11.7 Å². The first-order valence-electron chi connectivity index (χ1n) is 7.18. The van der Waals surface area contributed by atoms with Crippen molar-refractivity contribution in [2.24, 2.45) is 0 Å². The molecule has 20 heavy (non-hydrogen) atoms. The Balaban J connectivity index is 2.03. The molecule has 2 aromatic carbocycles. The van der Waals surface area contributed by atoms with Crippen LogP contribution in [0.2, 0.25) is 0 Å². The van der Waals surface area contributed by atoms with Crippen molar-refractivity contribution in [3.63, 3.8) is 0 Å². The number of phenolic OH excluding ortho intramolecular Hbond substituents is 1. The lowest BCUT2D eigenvalue weighted by atomic mass is 10.0. The molecule has 0 radical (unpaired) electrons. The van der Waals surface area contributed by atoms with Crippen LogP contribution in [0.1, 0.15) is 35.2 Å². The largest absolute Gasteiger partial charge is 0.507 e. The van der Waals surface area contributed by atoms with E-state index >= 15 is 0 Å². The van der Waals surface area contributed by atoms with Gasteiger partial charge in [0.25, 0.3) is 5.91 Å². The van der Waals surface area contributed by atoms with Crippen molar-refractivity contribution in [3.05, 3.63) is 41.5 Å². The second kappa shape index (κ2) is 5.16. The Bertz CT molecular complexity index is 657. The van der Waals surface area contributed by atoms with E-state index in [2.05, 4.69) is 0 Å². The summed E-state index contributed by atoms with van der Waals surface area (Å²) in [4.78, 5) is 14.4. The zero-order valence-electron chi connectivity index (χ0n) is 11.7. The molecule has 1 saturated heterocycles. The molecule has 2 aromatic rings. The number of hydrogen-bond acceptors (Lipinski definition) is 2. The van der Waals surface area contributed by atoms with Crippen LogP contribution in [0.25, 0.3) is 10.8 Å². The third kappa shape index (κ3) is 2.24. The van der Waals surface area contributed by atoms with E-state index in [4.69, 9.17) is 0 Å². The Morgan fingerprint density at radius 3 is 2.60 bits per heavy atom. The number of aryl methyl sites for hydroxylation is 1. The van der Waals surface area contributed by atoms with Gasteiger partial charge in [-0.3, -0.25) is 4.79 Å². The predicted octanol–water partition coefficient (Wildman–Crippen LogP) is 3.48. The van der Waals surface area contributed by atoms with Crippen molar-refractivity contribution in [2.75, 3.05) is 13.1 Å². The summed E-state index contributed by atoms with van der Waals surface area (Å²) in [6.45, 7) is 3.65. The standard InChI is InChI=1S/C17H19NO2/c1-12-6-5-7-14-15(12)10-13(11-16(14)19)17(20)18-8-3-2-4-9-18/h5-7,10-11,19H,2-4,8-9H2,1H3. The summed E-state index contributed by atoms with van der Waals surface area (Å²) in [7, 11) is 0. The van der Waals surface area contributed by atoms with Crippen molar-refractivity contribution in [1.82, 2.24) is 4.90 Å². The molecule has 0 atom stereocenters. The van der Waals surface area contributed by atoms with Gasteiger partial charge in [0.2, 0.25) is 0 Å². The van der Waals surface area contributed by atoms with Gasteiger partial charge in [-0.25, -0.2) is 0 Å². The quantitative estimate of drug-likeness (QED) is 0.861. The number of benzene rings is 2. The van der Waals surface area contributed by atoms with E-state index in [1.54, 1.807) is 6.07 Å². The molecule has 0 spiro atoms. The first kappa shape index (κ1) is 13.0. The Hall–Kier alpha value is -2.03. The third-order valence-corrected chi connectivity index (χ3v) is 4.08. The average Bonchev–Trinajstić information content (AvgIpc) is 2.48. The molecule has 0 aliphatic carbocycles. The van der Waals surface area contributed by atoms with E-state index in [1.807, 2.05) is 36.1 Å². The Kier molecular flexibility index (Phi) is 3.35. The van der Waals surface area contributed by atoms with Gasteiger partial charge in [-0.15, -0.1) is 0 Å². The highest BCUT2D eigenvalue weighted by Crippen LogP contribution is 2.29. The minimum atomic E-state index is 0.0325. The predicted molar refractivity (Wildman–Crippen MR) is 80.1 cm³/mol. The van der Waals surface area contributed by atoms with Crippen LogP contribution in [-0.2, 0) is 0 Å². The molecule has 3 nitrogen and oxygen atoms in total. The molecule has 1 heterocycles. The highest BCUT2D eigenvalue weighted by Gasteiger charge is 2.19. The maximum atomic E-state index is 12.5. The van der Waals surface area contributed by atoms with Gasteiger partial charge in [0.15, 0.2) is 0 Å². The maximum Gasteiger partial charge on any atom is 0.254 e. The van der Waals surface area contributed by atoms with Crippen molar-refractivity contribution in [1.29, 1.82) is 0 Å². The van der Waals surface area contributed by atoms with Crippen LogP contribution in [0.5, 0.6) is 5.75 Å². The molecule has 3 rings (SSSR count). The van der Waals surface area contributed by atoms with Gasteiger partial charge in [0.1, 0.15) is 5.75 Å². The van der Waals surface area contributed by atoms with Crippen molar-refractivity contribution in [3.8, 4) is 5.75 Å². The zero-order chi connectivity index (χ0) is 14.1. The molecule has 0 saturated carbocycles. The van der Waals surface area contributed by atoms with E-state index in [9.17, 15) is 9.90 Å². The van der Waals surface area contributed by atoms with Crippen LogP contribution in [0.3, 0.4) is 0 Å². The second-order valence-corrected chi connectivity index (χ2v) is 5.52. The van der Waals surface area contributed by atoms with Gasteiger partial charge >= 0.3 is 0 Å². The Morgan fingerprint density at radius 1 is 1.10 bits per heavy atom. The number of rotatable bonds is 1. The summed E-state index contributed by atoms with van der Waals surface area (Å²) >= 11 is 0. The van der Waals surface area contributed by atoms with Crippen LogP contribution in [0, 0.1) is 6.92 Å². The molecule has 0 bridgehead atoms. The van der Waals surface area contributed by atoms with E-state index in [0.717, 1.165) is 42.3 Å². The fourth-order valence-corrected chi connectivity index (χ4v) is 2.92. The molecule has 1 fully saturated rings. The average molecular weight is 269 g/mol. The summed E-state index contributed by atoms with van der Waals surface area (Å²) in [5, 5.41) is 11.9. The molecule has 3 heteroatoms. The molecule has 104 valence electrons. The molecule has 0 aromatic heterocycles. The number of phenols is 1. The van der Waals surface area contributed by atoms with Gasteiger partial charge < -0.3 is 10.0 Å². The van der Waals surface area contributed by atoms with Crippen LogP contribution >= 0.6 is 0 Å². The number of fused-ring (bicyclic) bond motifs is 1. The summed E-state index contributed by atoms with van der Waals surface area (Å²) in [5.41, 5.74) is 1.66. The second-order valence-electron chi connectivity index (χ2n) is 5.52. The van der Waals surface area contributed by atoms with Crippen LogP contribution in [-0.4, -0.2) is 29.0 Å². The van der Waals surface area contributed by atoms with Gasteiger partial charge in [0, 0.05) is 24.0 Å². The fourth-order valence-electron chi connectivity index (χ4n) is 2.92. The lowest BCUT2D eigenvalue weighted by Gasteiger charge is -2.27. The lowest BCUT2D eigenvalue weighted by Crippen LogP contribution is -2.35. The Labute approximate surface area is 118 Å². The number of nitrogens with zero attached hydrogens (tertiary/aromatic N) is 1. The Morgan fingerprint density at radius 2 is 1.85 bits per heavy atom. The number of hydrogen-bond donors (Lipinski definition) is 1. The molecular weight excluding hydrogens is 250 g/mol. The van der Waals surface area contributed by atoms with E-state index in [1.165, 1.54) is 6.42 Å². The highest BCUT2D eigenvalue weighted by atomic mass is 16.3. The van der Waals surface area contributed by atoms with Gasteiger partial charge in [-0.05, 0) is 49.3 Å². The molecular formula is C17H19NO2. The van der Waals surface area contributed by atoms with Crippen molar-refractivity contribution >= 4 is 16.7 Å². The molecule has 0 unspecified atom stereocenters. The fraction of sp³-hybridized carbons (Fsp3) is 0.353. The van der Waals surface area contributed by atoms with Gasteiger partial charge in [-0.1, -0.05) is 18.2 Å². The van der Waals surface area contributed by atoms with Crippen LogP contribution < -0.4 is 0 Å². The molecule has 1 aliphatic rings. The minimum Gasteiger partial charge on any atom is -0.507 e. The summed E-state index contributed by atoms with van der Waals surface area (Å²) < 4.78 is 0. The number of amides is 1. The smallest absolute Gasteiger partial charge is 0.254 e. The zero-order valence-corrected chi connectivity index (χ0v) is 11.7. The number of likely N-dealkylation sites (tertiary alicyclic amines) is 1. The number of aromatic hydroxyl groups is 1. The normalized spacial score (nSPS) is 15.6. The molecule has 1 amide bonds. The van der Waals surface area contributed by atoms with Gasteiger partial charge in [0.05, 0.1) is 0 Å². The number of piperidine rings is 1. The monoisotopic (exact) mass is 269 g/mol. The maximum absolute atomic E-state index is 12.5. The van der Waals surface area contributed by atoms with E-state index in [0.29, 0.717) is 5.56 Å².